The molecular weight excluding hydrogens is 812 g/mol. The molecule has 0 amide bonds. The van der Waals surface area contributed by atoms with E-state index in [1.807, 2.05) is 0 Å². The molecule has 0 aromatic carbocycles. The lowest BCUT2D eigenvalue weighted by molar-refractivity contribution is -0.403. The summed E-state index contributed by atoms with van der Waals surface area (Å²) in [5.41, 5.74) is -1.92. The second kappa shape index (κ2) is 12.8. The van der Waals surface area contributed by atoms with Gasteiger partial charge in [0, 0.05) is 17.8 Å². The zero-order valence-corrected chi connectivity index (χ0v) is 26.3. The van der Waals surface area contributed by atoms with Crippen LogP contribution in [0.25, 0.3) is 0 Å². The average molecular weight is 834 g/mol. The lowest BCUT2D eigenvalue weighted by atomic mass is 9.51. The first-order chi connectivity index (χ1) is 23.6. The zero-order valence-electron chi connectivity index (χ0n) is 25.5. The summed E-state index contributed by atoms with van der Waals surface area (Å²) in [6.45, 7) is -4.70. The minimum absolute atomic E-state index is 0.0503. The van der Waals surface area contributed by atoms with Crippen LogP contribution in [0.1, 0.15) is 32.1 Å². The van der Waals surface area contributed by atoms with Crippen LogP contribution in [0, 0.1) is 23.7 Å². The minimum Gasteiger partial charge on any atom is -0.461 e. The lowest BCUT2D eigenvalue weighted by Crippen LogP contribution is -2.70. The predicted molar refractivity (Wildman–Crippen MR) is 130 cm³/mol. The van der Waals surface area contributed by atoms with Gasteiger partial charge in [-0.2, -0.15) is 78.7 Å². The van der Waals surface area contributed by atoms with E-state index in [-0.39, 0.29) is 19.3 Å². The van der Waals surface area contributed by atoms with E-state index in [0.717, 1.165) is 0 Å². The first kappa shape index (κ1) is 42.9. The van der Waals surface area contributed by atoms with Gasteiger partial charge in [-0.05, 0) is 38.0 Å². The minimum atomic E-state index is -7.06. The highest BCUT2D eigenvalue weighted by Gasteiger charge is 2.78. The molecule has 0 radical (unpaired) electrons. The number of esters is 3. The highest BCUT2D eigenvalue weighted by Crippen LogP contribution is 2.64. The van der Waals surface area contributed by atoms with Gasteiger partial charge in [-0.3, -0.25) is 4.55 Å². The van der Waals surface area contributed by atoms with Gasteiger partial charge in [-0.1, -0.05) is 0 Å². The Morgan fingerprint density at radius 1 is 0.679 bits per heavy atom. The standard InChI is InChI=1S/C25H22F16O11S/c26-19(27,22(32,33)24(36,37)38)14(42)48-6-10-7-50-18(51-13(10)8-49-15(43)20(28,29)23(34,35)25(39,40)41)11-1-9-2-12(18)5-17(3-9,4-11)52-16(44)21(30,31)53(45,46)47/h9-13H,1-8H2,(H,45,46,47). The summed E-state index contributed by atoms with van der Waals surface area (Å²) in [7, 11) is -6.34. The summed E-state index contributed by atoms with van der Waals surface area (Å²) < 4.78 is 267. The molecule has 28 heteroatoms. The van der Waals surface area contributed by atoms with Gasteiger partial charge >= 0.3 is 69.3 Å². The number of rotatable bonds is 11. The number of alkyl halides is 16. The quantitative estimate of drug-likeness (QED) is 0.129. The molecule has 1 saturated heterocycles. The van der Waals surface area contributed by atoms with Crippen LogP contribution in [0.2, 0.25) is 0 Å². The van der Waals surface area contributed by atoms with Crippen LogP contribution < -0.4 is 0 Å². The Morgan fingerprint density at radius 2 is 1.11 bits per heavy atom. The van der Waals surface area contributed by atoms with E-state index in [1.165, 1.54) is 0 Å². The Kier molecular flexibility index (Phi) is 10.4. The van der Waals surface area contributed by atoms with Crippen molar-refractivity contribution in [2.75, 3.05) is 19.8 Å². The summed E-state index contributed by atoms with van der Waals surface area (Å²) in [5, 5.41) is -5.46. The molecule has 11 nitrogen and oxygen atoms in total. The summed E-state index contributed by atoms with van der Waals surface area (Å²) >= 11 is 0. The van der Waals surface area contributed by atoms with E-state index in [2.05, 4.69) is 9.47 Å². The van der Waals surface area contributed by atoms with Crippen molar-refractivity contribution in [2.24, 2.45) is 23.7 Å². The van der Waals surface area contributed by atoms with Crippen molar-refractivity contribution < 1.29 is 121 Å². The van der Waals surface area contributed by atoms with Crippen LogP contribution in [-0.4, -0.2) is 109 Å². The molecule has 1 aliphatic heterocycles. The first-order valence-corrected chi connectivity index (χ1v) is 15.9. The molecule has 0 aromatic heterocycles. The summed E-state index contributed by atoms with van der Waals surface area (Å²) in [6.07, 6.45) is -17.8. The van der Waals surface area contributed by atoms with Crippen LogP contribution >= 0.6 is 0 Å². The molecule has 0 aromatic rings. The Balaban J connectivity index is 1.60. The molecule has 1 spiro atoms. The fourth-order valence-electron chi connectivity index (χ4n) is 6.94. The van der Waals surface area contributed by atoms with Crippen molar-refractivity contribution in [3.8, 4) is 0 Å². The Labute approximate surface area is 284 Å². The van der Waals surface area contributed by atoms with Crippen LogP contribution in [0.15, 0.2) is 0 Å². The molecule has 4 atom stereocenters. The van der Waals surface area contributed by atoms with Crippen molar-refractivity contribution in [2.45, 2.75) is 90.9 Å². The van der Waals surface area contributed by atoms with Gasteiger partial charge in [0.15, 0.2) is 5.79 Å². The number of ether oxygens (including phenoxy) is 5. The van der Waals surface area contributed by atoms with E-state index >= 15 is 0 Å². The van der Waals surface area contributed by atoms with E-state index in [0.29, 0.717) is 0 Å². The molecular formula is C25H22F16O11S. The maximum atomic E-state index is 14.0. The van der Waals surface area contributed by atoms with Crippen LogP contribution in [0.5, 0.6) is 0 Å². The Bertz CT molecular complexity index is 1560. The average Bonchev–Trinajstić information content (AvgIpc) is 2.99. The van der Waals surface area contributed by atoms with Gasteiger partial charge in [-0.25, -0.2) is 14.4 Å². The maximum Gasteiger partial charge on any atom is 0.465 e. The van der Waals surface area contributed by atoms with E-state index in [4.69, 9.17) is 18.8 Å². The molecule has 1 N–H and O–H groups in total. The van der Waals surface area contributed by atoms with E-state index in [1.54, 1.807) is 0 Å². The highest BCUT2D eigenvalue weighted by molar-refractivity contribution is 7.87. The molecule has 5 aliphatic rings. The fraction of sp³-hybridized carbons (Fsp3) is 0.880. The zero-order chi connectivity index (χ0) is 40.8. The topological polar surface area (TPSA) is 152 Å². The Hall–Kier alpha value is -2.88. The number of hydrogen-bond donors (Lipinski definition) is 1. The monoisotopic (exact) mass is 834 g/mol. The second-order valence-electron chi connectivity index (χ2n) is 12.8. The normalized spacial score (nSPS) is 31.4. The molecule has 4 unspecified atom stereocenters. The van der Waals surface area contributed by atoms with Gasteiger partial charge in [0.1, 0.15) is 18.3 Å². The smallest absolute Gasteiger partial charge is 0.461 e. The first-order valence-electron chi connectivity index (χ1n) is 14.5. The summed E-state index contributed by atoms with van der Waals surface area (Å²) in [6, 6.07) is 0. The lowest BCUT2D eigenvalue weighted by Gasteiger charge is -2.65. The fourth-order valence-corrected chi connectivity index (χ4v) is 7.19. The van der Waals surface area contributed by atoms with Gasteiger partial charge in [0.2, 0.25) is 0 Å². The molecule has 1 heterocycles. The molecule has 306 valence electrons. The SMILES string of the molecule is O=C(OCC1COC2(OC1COC(=O)C(F)(F)C(F)(F)C(F)(F)F)C1CC3CC2CC(OC(=O)C(F)(F)S(=O)(=O)O)(C3)C1)C(F)(F)C(F)(F)C(F)(F)F. The van der Waals surface area contributed by atoms with Gasteiger partial charge < -0.3 is 23.7 Å². The number of halogens is 16. The van der Waals surface area contributed by atoms with Crippen molar-refractivity contribution in [1.29, 1.82) is 0 Å². The second-order valence-corrected chi connectivity index (χ2v) is 14.3. The Morgan fingerprint density at radius 3 is 1.53 bits per heavy atom. The molecule has 5 rings (SSSR count). The molecule has 4 aliphatic carbocycles. The van der Waals surface area contributed by atoms with Gasteiger partial charge in [-0.15, -0.1) is 0 Å². The number of carbonyl (C=O) groups is 3. The molecule has 4 bridgehead atoms. The van der Waals surface area contributed by atoms with Gasteiger partial charge in [0.05, 0.1) is 13.2 Å². The molecule has 4 saturated carbocycles. The third kappa shape index (κ3) is 6.97. The van der Waals surface area contributed by atoms with Gasteiger partial charge in [0.25, 0.3) is 0 Å². The van der Waals surface area contributed by atoms with Crippen LogP contribution in [-0.2, 0) is 48.2 Å². The maximum absolute atomic E-state index is 14.0. The third-order valence-electron chi connectivity index (χ3n) is 9.35. The number of carbonyl (C=O) groups excluding carboxylic acids is 3. The van der Waals surface area contributed by atoms with Crippen LogP contribution in [0.4, 0.5) is 70.2 Å². The summed E-state index contributed by atoms with van der Waals surface area (Å²) in [5.74, 6) is -44.3. The summed E-state index contributed by atoms with van der Waals surface area (Å²) in [4.78, 5) is 35.7. The third-order valence-corrected chi connectivity index (χ3v) is 10.2. The van der Waals surface area contributed by atoms with Crippen molar-refractivity contribution in [1.82, 2.24) is 0 Å². The highest BCUT2D eigenvalue weighted by atomic mass is 32.2. The molecule has 5 fully saturated rings. The number of hydrogen-bond acceptors (Lipinski definition) is 10. The van der Waals surface area contributed by atoms with E-state index in [9.17, 15) is 93.0 Å². The van der Waals surface area contributed by atoms with E-state index < -0.39 is 143 Å². The van der Waals surface area contributed by atoms with Crippen LogP contribution in [0.3, 0.4) is 0 Å². The molecule has 53 heavy (non-hydrogen) atoms. The largest absolute Gasteiger partial charge is 0.465 e. The van der Waals surface area contributed by atoms with Crippen molar-refractivity contribution in [3.05, 3.63) is 0 Å². The predicted octanol–water partition coefficient (Wildman–Crippen LogP) is 5.07. The van der Waals surface area contributed by atoms with Crippen molar-refractivity contribution in [3.63, 3.8) is 0 Å². The van der Waals surface area contributed by atoms with Crippen molar-refractivity contribution >= 4 is 28.0 Å².